The van der Waals surface area contributed by atoms with Gasteiger partial charge in [-0.3, -0.25) is 9.59 Å². The first-order chi connectivity index (χ1) is 8.08. The Kier molecular flexibility index (Phi) is 4.70. The van der Waals surface area contributed by atoms with E-state index < -0.39 is 0 Å². The highest BCUT2D eigenvalue weighted by molar-refractivity contribution is 7.18. The summed E-state index contributed by atoms with van der Waals surface area (Å²) in [4.78, 5) is 26.9. The van der Waals surface area contributed by atoms with Crippen molar-refractivity contribution < 1.29 is 9.59 Å². The second kappa shape index (κ2) is 6.04. The summed E-state index contributed by atoms with van der Waals surface area (Å²) in [6.45, 7) is 0.269. The Hall–Kier alpha value is -1.83. The standard InChI is InChI=1S/C9H15N5O2S/c1-11-5(15)3-4-13-8(16)6-7(10)14-9(12-2)17-6/h3-4,10H2,1-2H3,(H,11,15)(H,12,14)(H,13,16). The molecule has 0 saturated heterocycles. The fourth-order valence-corrected chi connectivity index (χ4v) is 1.85. The fourth-order valence-electron chi connectivity index (χ4n) is 1.10. The zero-order valence-electron chi connectivity index (χ0n) is 9.66. The van der Waals surface area contributed by atoms with E-state index in [1.807, 2.05) is 0 Å². The number of hydrogen-bond donors (Lipinski definition) is 4. The summed E-state index contributed by atoms with van der Waals surface area (Å²) in [5, 5.41) is 8.47. The first-order valence-corrected chi connectivity index (χ1v) is 5.83. The van der Waals surface area contributed by atoms with Crippen LogP contribution in [-0.2, 0) is 4.79 Å². The molecule has 0 spiro atoms. The van der Waals surface area contributed by atoms with E-state index in [2.05, 4.69) is 20.9 Å². The molecule has 8 heteroatoms. The molecule has 2 amide bonds. The second-order valence-corrected chi connectivity index (χ2v) is 4.16. The second-order valence-electron chi connectivity index (χ2n) is 3.16. The average Bonchev–Trinajstić information content (AvgIpc) is 2.70. The third-order valence-corrected chi connectivity index (χ3v) is 3.08. The minimum absolute atomic E-state index is 0.126. The summed E-state index contributed by atoms with van der Waals surface area (Å²) in [7, 11) is 3.25. The van der Waals surface area contributed by atoms with E-state index in [4.69, 9.17) is 5.73 Å². The maximum Gasteiger partial charge on any atom is 0.265 e. The first kappa shape index (κ1) is 13.2. The number of carbonyl (C=O) groups is 2. The lowest BCUT2D eigenvalue weighted by Gasteiger charge is -2.02. The van der Waals surface area contributed by atoms with Crippen LogP contribution in [0.15, 0.2) is 0 Å². The molecule has 0 fully saturated rings. The molecule has 0 aliphatic rings. The molecule has 0 saturated carbocycles. The van der Waals surface area contributed by atoms with Crippen LogP contribution in [0, 0.1) is 0 Å². The number of nitrogens with two attached hydrogens (primary N) is 1. The molecule has 0 aliphatic heterocycles. The number of carbonyl (C=O) groups excluding carboxylic acids is 2. The van der Waals surface area contributed by atoms with Crippen molar-refractivity contribution in [2.24, 2.45) is 0 Å². The number of hydrogen-bond acceptors (Lipinski definition) is 6. The molecule has 7 nitrogen and oxygen atoms in total. The van der Waals surface area contributed by atoms with Crippen molar-refractivity contribution in [2.75, 3.05) is 31.7 Å². The van der Waals surface area contributed by atoms with Gasteiger partial charge in [-0.1, -0.05) is 11.3 Å². The van der Waals surface area contributed by atoms with Crippen molar-refractivity contribution >= 4 is 34.1 Å². The van der Waals surface area contributed by atoms with Gasteiger partial charge in [-0.2, -0.15) is 0 Å². The Morgan fingerprint density at radius 2 is 2.12 bits per heavy atom. The highest BCUT2D eigenvalue weighted by Crippen LogP contribution is 2.23. The molecule has 0 bridgehead atoms. The maximum absolute atomic E-state index is 11.7. The number of amides is 2. The van der Waals surface area contributed by atoms with Gasteiger partial charge in [0.25, 0.3) is 5.91 Å². The first-order valence-electron chi connectivity index (χ1n) is 5.01. The smallest absolute Gasteiger partial charge is 0.265 e. The highest BCUT2D eigenvalue weighted by Gasteiger charge is 2.15. The van der Waals surface area contributed by atoms with Gasteiger partial charge in [0, 0.05) is 27.1 Å². The van der Waals surface area contributed by atoms with E-state index in [1.54, 1.807) is 14.1 Å². The molecule has 1 heterocycles. The summed E-state index contributed by atoms with van der Waals surface area (Å²) in [6.07, 6.45) is 0.236. The van der Waals surface area contributed by atoms with E-state index >= 15 is 0 Å². The van der Waals surface area contributed by atoms with Gasteiger partial charge >= 0.3 is 0 Å². The summed E-state index contributed by atoms with van der Waals surface area (Å²) in [5.74, 6) is -0.249. The number of anilines is 2. The van der Waals surface area contributed by atoms with Crippen molar-refractivity contribution in [1.82, 2.24) is 15.6 Å². The monoisotopic (exact) mass is 257 g/mol. The van der Waals surface area contributed by atoms with E-state index in [0.29, 0.717) is 10.0 Å². The van der Waals surface area contributed by atoms with E-state index in [-0.39, 0.29) is 30.6 Å². The molecule has 0 aliphatic carbocycles. The van der Waals surface area contributed by atoms with Crippen molar-refractivity contribution in [3.8, 4) is 0 Å². The molecule has 1 rings (SSSR count). The molecule has 1 aromatic rings. The van der Waals surface area contributed by atoms with Gasteiger partial charge in [0.1, 0.15) is 10.7 Å². The van der Waals surface area contributed by atoms with Crippen LogP contribution in [0.25, 0.3) is 0 Å². The van der Waals surface area contributed by atoms with E-state index in [9.17, 15) is 9.59 Å². The molecule has 5 N–H and O–H groups in total. The zero-order valence-corrected chi connectivity index (χ0v) is 10.5. The van der Waals surface area contributed by atoms with Crippen LogP contribution in [0.4, 0.5) is 10.9 Å². The van der Waals surface area contributed by atoms with Crippen molar-refractivity contribution in [1.29, 1.82) is 0 Å². The van der Waals surface area contributed by atoms with Gasteiger partial charge in [-0.25, -0.2) is 4.98 Å². The summed E-state index contributed by atoms with van der Waals surface area (Å²) >= 11 is 1.17. The summed E-state index contributed by atoms with van der Waals surface area (Å²) < 4.78 is 0. The predicted octanol–water partition coefficient (Wildman–Crippen LogP) is -0.367. The Bertz CT molecular complexity index is 418. The SMILES string of the molecule is CNC(=O)CCNC(=O)c1sc(NC)nc1N. The predicted molar refractivity (Wildman–Crippen MR) is 67.1 cm³/mol. The van der Waals surface area contributed by atoms with Crippen LogP contribution >= 0.6 is 11.3 Å². The van der Waals surface area contributed by atoms with Crippen LogP contribution in [-0.4, -0.2) is 37.4 Å². The number of aromatic nitrogens is 1. The molecule has 94 valence electrons. The third-order valence-electron chi connectivity index (χ3n) is 1.99. The topological polar surface area (TPSA) is 109 Å². The normalized spacial score (nSPS) is 9.76. The minimum Gasteiger partial charge on any atom is -0.382 e. The van der Waals surface area contributed by atoms with Gasteiger partial charge in [-0.15, -0.1) is 0 Å². The van der Waals surface area contributed by atoms with Crippen LogP contribution in [0.1, 0.15) is 16.1 Å². The van der Waals surface area contributed by atoms with E-state index in [1.165, 1.54) is 11.3 Å². The van der Waals surface area contributed by atoms with E-state index in [0.717, 1.165) is 0 Å². The third kappa shape index (κ3) is 3.59. The van der Waals surface area contributed by atoms with Crippen LogP contribution in [0.5, 0.6) is 0 Å². The molecule has 0 atom stereocenters. The lowest BCUT2D eigenvalue weighted by Crippen LogP contribution is -2.29. The minimum atomic E-state index is -0.314. The Morgan fingerprint density at radius 1 is 1.41 bits per heavy atom. The lowest BCUT2D eigenvalue weighted by molar-refractivity contribution is -0.120. The van der Waals surface area contributed by atoms with Crippen LogP contribution in [0.2, 0.25) is 0 Å². The number of thiazole rings is 1. The summed E-state index contributed by atoms with van der Waals surface area (Å²) in [5.41, 5.74) is 5.59. The number of nitrogens with zero attached hydrogens (tertiary/aromatic N) is 1. The molecule has 0 unspecified atom stereocenters. The van der Waals surface area contributed by atoms with Gasteiger partial charge in [-0.05, 0) is 0 Å². The molecule has 17 heavy (non-hydrogen) atoms. The lowest BCUT2D eigenvalue weighted by atomic mass is 10.4. The quantitative estimate of drug-likeness (QED) is 0.575. The average molecular weight is 257 g/mol. The Labute approximate surface area is 103 Å². The van der Waals surface area contributed by atoms with Crippen molar-refractivity contribution in [3.63, 3.8) is 0 Å². The molecule has 0 aromatic carbocycles. The maximum atomic E-state index is 11.7. The van der Waals surface area contributed by atoms with Gasteiger partial charge in [0.05, 0.1) is 0 Å². The van der Waals surface area contributed by atoms with Gasteiger partial charge in [0.15, 0.2) is 5.13 Å². The number of nitrogens with one attached hydrogen (secondary N) is 3. The van der Waals surface area contributed by atoms with Crippen molar-refractivity contribution in [3.05, 3.63) is 4.88 Å². The Balaban J connectivity index is 2.52. The number of rotatable bonds is 5. The van der Waals surface area contributed by atoms with Crippen molar-refractivity contribution in [2.45, 2.75) is 6.42 Å². The largest absolute Gasteiger partial charge is 0.382 e. The Morgan fingerprint density at radius 3 is 2.65 bits per heavy atom. The van der Waals surface area contributed by atoms with Gasteiger partial charge in [0.2, 0.25) is 5.91 Å². The molecule has 1 aromatic heterocycles. The highest BCUT2D eigenvalue weighted by atomic mass is 32.1. The molecular formula is C9H15N5O2S. The van der Waals surface area contributed by atoms with Crippen LogP contribution < -0.4 is 21.7 Å². The molecular weight excluding hydrogens is 242 g/mol. The zero-order chi connectivity index (χ0) is 12.8. The fraction of sp³-hybridized carbons (Fsp3) is 0.444. The molecule has 0 radical (unpaired) electrons. The van der Waals surface area contributed by atoms with Gasteiger partial charge < -0.3 is 21.7 Å². The number of nitrogen functional groups attached to an aromatic ring is 1. The van der Waals surface area contributed by atoms with Crippen LogP contribution in [0.3, 0.4) is 0 Å². The summed E-state index contributed by atoms with van der Waals surface area (Å²) in [6, 6.07) is 0.